The van der Waals surface area contributed by atoms with Gasteiger partial charge in [-0.15, -0.1) is 0 Å². The van der Waals surface area contributed by atoms with Gasteiger partial charge in [-0.1, -0.05) is 60.1 Å². The highest BCUT2D eigenvalue weighted by Crippen LogP contribution is 2.23. The van der Waals surface area contributed by atoms with Crippen LogP contribution < -0.4 is 5.32 Å². The van der Waals surface area contributed by atoms with E-state index in [1.54, 1.807) is 12.4 Å². The number of nitrogens with one attached hydrogen (secondary N) is 1. The number of halogens is 1. The molecule has 2 aromatic carbocycles. The van der Waals surface area contributed by atoms with Crippen molar-refractivity contribution in [3.8, 4) is 0 Å². The fraction of sp³-hybridized carbons (Fsp3) is 0.182. The highest BCUT2D eigenvalue weighted by molar-refractivity contribution is 6.30. The van der Waals surface area contributed by atoms with Gasteiger partial charge in [0.05, 0.1) is 5.92 Å². The van der Waals surface area contributed by atoms with Crippen molar-refractivity contribution in [1.29, 1.82) is 0 Å². The van der Waals surface area contributed by atoms with Crippen LogP contribution in [-0.2, 0) is 17.6 Å². The maximum Gasteiger partial charge on any atom is 0.227 e. The molecule has 0 spiro atoms. The summed E-state index contributed by atoms with van der Waals surface area (Å²) in [4.78, 5) is 17.0. The van der Waals surface area contributed by atoms with Crippen molar-refractivity contribution >= 4 is 17.5 Å². The van der Waals surface area contributed by atoms with Crippen LogP contribution in [0.1, 0.15) is 22.6 Å². The molecule has 4 heteroatoms. The number of benzene rings is 2. The first-order chi connectivity index (χ1) is 12.7. The quantitative estimate of drug-likeness (QED) is 0.674. The number of hydrogen-bond acceptors (Lipinski definition) is 2. The Bertz CT molecular complexity index is 820. The SMILES string of the molecule is O=C(NCCc1ccccc1)C(Cc1cccnc1)c1ccc(Cl)cc1. The lowest BCUT2D eigenvalue weighted by atomic mass is 9.91. The Balaban J connectivity index is 1.69. The topological polar surface area (TPSA) is 42.0 Å². The minimum atomic E-state index is -0.271. The summed E-state index contributed by atoms with van der Waals surface area (Å²) in [6.45, 7) is 0.611. The van der Waals surface area contributed by atoms with Crippen molar-refractivity contribution in [2.45, 2.75) is 18.8 Å². The molecule has 0 saturated heterocycles. The Kier molecular flexibility index (Phi) is 6.39. The standard InChI is InChI=1S/C22H21ClN2O/c23-20-10-8-19(9-11-20)21(15-18-7-4-13-24-16-18)22(26)25-14-12-17-5-2-1-3-6-17/h1-11,13,16,21H,12,14-15H2,(H,25,26). The molecule has 3 rings (SSSR count). The van der Waals surface area contributed by atoms with E-state index in [1.165, 1.54) is 5.56 Å². The minimum Gasteiger partial charge on any atom is -0.355 e. The number of nitrogens with zero attached hydrogens (tertiary/aromatic N) is 1. The summed E-state index contributed by atoms with van der Waals surface area (Å²) < 4.78 is 0. The average Bonchev–Trinajstić information content (AvgIpc) is 2.68. The fourth-order valence-corrected chi connectivity index (χ4v) is 3.04. The van der Waals surface area contributed by atoms with Crippen molar-refractivity contribution < 1.29 is 4.79 Å². The van der Waals surface area contributed by atoms with Crippen LogP contribution in [0.2, 0.25) is 5.02 Å². The maximum atomic E-state index is 12.9. The second kappa shape index (κ2) is 9.16. The number of pyridine rings is 1. The van der Waals surface area contributed by atoms with E-state index in [-0.39, 0.29) is 11.8 Å². The Morgan fingerprint density at radius 1 is 0.962 bits per heavy atom. The molecule has 0 radical (unpaired) electrons. The zero-order valence-electron chi connectivity index (χ0n) is 14.4. The normalized spacial score (nSPS) is 11.7. The monoisotopic (exact) mass is 364 g/mol. The van der Waals surface area contributed by atoms with Gasteiger partial charge in [-0.05, 0) is 47.7 Å². The number of rotatable bonds is 7. The number of carbonyl (C=O) groups is 1. The second-order valence-electron chi connectivity index (χ2n) is 6.20. The molecule has 1 aromatic heterocycles. The number of aromatic nitrogens is 1. The highest BCUT2D eigenvalue weighted by atomic mass is 35.5. The first kappa shape index (κ1) is 18.2. The summed E-state index contributed by atoms with van der Waals surface area (Å²) in [6, 6.07) is 21.5. The van der Waals surface area contributed by atoms with Crippen molar-refractivity contribution in [2.75, 3.05) is 6.54 Å². The van der Waals surface area contributed by atoms with Crippen molar-refractivity contribution in [1.82, 2.24) is 10.3 Å². The molecule has 3 aromatic rings. The van der Waals surface area contributed by atoms with E-state index in [1.807, 2.05) is 54.6 Å². The van der Waals surface area contributed by atoms with E-state index in [0.29, 0.717) is 18.0 Å². The second-order valence-corrected chi connectivity index (χ2v) is 6.63. The Labute approximate surface area is 159 Å². The molecule has 0 bridgehead atoms. The molecular weight excluding hydrogens is 344 g/mol. The van der Waals surface area contributed by atoms with Gasteiger partial charge in [-0.2, -0.15) is 0 Å². The first-order valence-electron chi connectivity index (χ1n) is 8.68. The summed E-state index contributed by atoms with van der Waals surface area (Å²) >= 11 is 6.00. The van der Waals surface area contributed by atoms with E-state index < -0.39 is 0 Å². The van der Waals surface area contributed by atoms with E-state index in [9.17, 15) is 4.79 Å². The molecule has 3 nitrogen and oxygen atoms in total. The van der Waals surface area contributed by atoms with Gasteiger partial charge < -0.3 is 5.32 Å². The lowest BCUT2D eigenvalue weighted by Crippen LogP contribution is -2.32. The van der Waals surface area contributed by atoms with Gasteiger partial charge in [-0.25, -0.2) is 0 Å². The molecule has 1 N–H and O–H groups in total. The Morgan fingerprint density at radius 3 is 2.38 bits per heavy atom. The minimum absolute atomic E-state index is 0.0205. The van der Waals surface area contributed by atoms with E-state index in [0.717, 1.165) is 17.5 Å². The van der Waals surface area contributed by atoms with Crippen LogP contribution in [0.25, 0.3) is 0 Å². The van der Waals surface area contributed by atoms with Gasteiger partial charge in [0.15, 0.2) is 0 Å². The summed E-state index contributed by atoms with van der Waals surface area (Å²) in [5.74, 6) is -0.251. The van der Waals surface area contributed by atoms with Gasteiger partial charge in [0.1, 0.15) is 0 Å². The zero-order valence-corrected chi connectivity index (χ0v) is 15.2. The largest absolute Gasteiger partial charge is 0.355 e. The molecule has 0 fully saturated rings. The summed E-state index contributed by atoms with van der Waals surface area (Å²) in [6.07, 6.45) is 4.96. The molecule has 1 amide bonds. The van der Waals surface area contributed by atoms with Crippen molar-refractivity contribution in [2.24, 2.45) is 0 Å². The average molecular weight is 365 g/mol. The predicted molar refractivity (Wildman–Crippen MR) is 105 cm³/mol. The van der Waals surface area contributed by atoms with Gasteiger partial charge in [0.25, 0.3) is 0 Å². The summed E-state index contributed by atoms with van der Waals surface area (Å²) in [5.41, 5.74) is 3.20. The molecule has 0 aliphatic carbocycles. The molecule has 0 aliphatic rings. The third-order valence-corrected chi connectivity index (χ3v) is 4.56. The van der Waals surface area contributed by atoms with Crippen LogP contribution in [0.5, 0.6) is 0 Å². The number of amides is 1. The van der Waals surface area contributed by atoms with Gasteiger partial charge in [-0.3, -0.25) is 9.78 Å². The smallest absolute Gasteiger partial charge is 0.227 e. The third kappa shape index (κ3) is 5.17. The van der Waals surface area contributed by atoms with Crippen LogP contribution in [0.4, 0.5) is 0 Å². The maximum absolute atomic E-state index is 12.9. The Hall–Kier alpha value is -2.65. The molecule has 132 valence electrons. The molecule has 1 atom stereocenters. The molecule has 1 unspecified atom stereocenters. The lowest BCUT2D eigenvalue weighted by molar-refractivity contribution is -0.122. The summed E-state index contributed by atoms with van der Waals surface area (Å²) in [7, 11) is 0. The summed E-state index contributed by atoms with van der Waals surface area (Å²) in [5, 5.41) is 3.74. The van der Waals surface area contributed by atoms with E-state index >= 15 is 0 Å². The third-order valence-electron chi connectivity index (χ3n) is 4.31. The molecule has 0 aliphatic heterocycles. The first-order valence-corrected chi connectivity index (χ1v) is 9.06. The van der Waals surface area contributed by atoms with E-state index in [4.69, 9.17) is 11.6 Å². The van der Waals surface area contributed by atoms with Crippen LogP contribution in [0.3, 0.4) is 0 Å². The lowest BCUT2D eigenvalue weighted by Gasteiger charge is -2.17. The molecular formula is C22H21ClN2O. The van der Waals surface area contributed by atoms with Crippen molar-refractivity contribution in [3.05, 3.63) is 101 Å². The van der Waals surface area contributed by atoms with Gasteiger partial charge in [0.2, 0.25) is 5.91 Å². The van der Waals surface area contributed by atoms with Gasteiger partial charge >= 0.3 is 0 Å². The Morgan fingerprint density at radius 2 is 1.69 bits per heavy atom. The van der Waals surface area contributed by atoms with Crippen LogP contribution in [0, 0.1) is 0 Å². The van der Waals surface area contributed by atoms with E-state index in [2.05, 4.69) is 22.4 Å². The van der Waals surface area contributed by atoms with Crippen LogP contribution >= 0.6 is 11.6 Å². The number of carbonyl (C=O) groups excluding carboxylic acids is 1. The highest BCUT2D eigenvalue weighted by Gasteiger charge is 2.21. The van der Waals surface area contributed by atoms with Gasteiger partial charge in [0, 0.05) is 24.0 Å². The predicted octanol–water partition coefficient (Wildman–Crippen LogP) is 4.42. The molecule has 26 heavy (non-hydrogen) atoms. The molecule has 0 saturated carbocycles. The van der Waals surface area contributed by atoms with Crippen LogP contribution in [0.15, 0.2) is 79.1 Å². The van der Waals surface area contributed by atoms with Crippen molar-refractivity contribution in [3.63, 3.8) is 0 Å². The van der Waals surface area contributed by atoms with Crippen LogP contribution in [-0.4, -0.2) is 17.4 Å². The molecule has 1 heterocycles. The zero-order chi connectivity index (χ0) is 18.2. The fourth-order valence-electron chi connectivity index (χ4n) is 2.91. The number of hydrogen-bond donors (Lipinski definition) is 1.